The van der Waals surface area contributed by atoms with E-state index < -0.39 is 0 Å². The predicted molar refractivity (Wildman–Crippen MR) is 66.6 cm³/mol. The second kappa shape index (κ2) is 8.71. The fourth-order valence-electron chi connectivity index (χ4n) is 1.13. The Morgan fingerprint density at radius 3 is 2.93 bits per heavy atom. The number of hydrogen-bond donors (Lipinski definition) is 2. The summed E-state index contributed by atoms with van der Waals surface area (Å²) in [6.45, 7) is 1.31. The summed E-state index contributed by atoms with van der Waals surface area (Å²) in [5, 5.41) is 4.92. The molecule has 0 fully saturated rings. The van der Waals surface area contributed by atoms with Crippen molar-refractivity contribution in [2.75, 3.05) is 13.1 Å². The largest absolute Gasteiger partial charge is 0.356 e. The van der Waals surface area contributed by atoms with Crippen LogP contribution in [0.25, 0.3) is 0 Å². The zero-order valence-electron chi connectivity index (χ0n) is 8.57. The van der Waals surface area contributed by atoms with E-state index in [1.807, 2.05) is 11.4 Å². The van der Waals surface area contributed by atoms with Gasteiger partial charge in [-0.05, 0) is 30.8 Å². The zero-order chi connectivity index (χ0) is 10.2. The van der Waals surface area contributed by atoms with Crippen LogP contribution in [0.3, 0.4) is 0 Å². The molecule has 0 spiro atoms. The topological polar surface area (TPSA) is 55.1 Å². The Morgan fingerprint density at radius 2 is 2.33 bits per heavy atom. The van der Waals surface area contributed by atoms with Crippen LogP contribution in [-0.2, 0) is 11.2 Å². The summed E-state index contributed by atoms with van der Waals surface area (Å²) in [4.78, 5) is 12.5. The van der Waals surface area contributed by atoms with Crippen molar-refractivity contribution >= 4 is 29.7 Å². The van der Waals surface area contributed by atoms with Crippen LogP contribution in [-0.4, -0.2) is 19.0 Å². The van der Waals surface area contributed by atoms with Crippen molar-refractivity contribution in [3.63, 3.8) is 0 Å². The Balaban J connectivity index is 0.00000196. The summed E-state index contributed by atoms with van der Waals surface area (Å²) in [5.74, 6) is 0.104. The van der Waals surface area contributed by atoms with Crippen molar-refractivity contribution < 1.29 is 4.79 Å². The van der Waals surface area contributed by atoms with E-state index in [4.69, 9.17) is 5.73 Å². The molecule has 0 aromatic carbocycles. The van der Waals surface area contributed by atoms with Crippen molar-refractivity contribution in [2.24, 2.45) is 5.73 Å². The SMILES string of the molecule is Cl.NCCCC(=O)NCCc1cccs1. The van der Waals surface area contributed by atoms with Gasteiger partial charge in [-0.2, -0.15) is 0 Å². The van der Waals surface area contributed by atoms with E-state index in [1.54, 1.807) is 11.3 Å². The van der Waals surface area contributed by atoms with Crippen molar-refractivity contribution in [1.29, 1.82) is 0 Å². The highest BCUT2D eigenvalue weighted by Crippen LogP contribution is 2.07. The van der Waals surface area contributed by atoms with Gasteiger partial charge >= 0.3 is 0 Å². The highest BCUT2D eigenvalue weighted by Gasteiger charge is 1.99. The van der Waals surface area contributed by atoms with Gasteiger partial charge in [0.1, 0.15) is 0 Å². The van der Waals surface area contributed by atoms with Crippen LogP contribution in [0.15, 0.2) is 17.5 Å². The fraction of sp³-hybridized carbons (Fsp3) is 0.500. The van der Waals surface area contributed by atoms with E-state index in [9.17, 15) is 4.79 Å². The van der Waals surface area contributed by atoms with Gasteiger partial charge in [0.05, 0.1) is 0 Å². The second-order valence-corrected chi connectivity index (χ2v) is 4.10. The standard InChI is InChI=1S/C10H16N2OS.ClH/c11-6-1-4-10(13)12-7-5-9-3-2-8-14-9;/h2-3,8H,1,4-7,11H2,(H,12,13);1H. The summed E-state index contributed by atoms with van der Waals surface area (Å²) >= 11 is 1.72. The lowest BCUT2D eigenvalue weighted by atomic mass is 10.3. The molecule has 0 saturated carbocycles. The summed E-state index contributed by atoms with van der Waals surface area (Å²) < 4.78 is 0. The normalized spacial score (nSPS) is 9.40. The third kappa shape index (κ3) is 6.49. The number of carbonyl (C=O) groups excluding carboxylic acids is 1. The smallest absolute Gasteiger partial charge is 0.220 e. The Bertz CT molecular complexity index is 264. The van der Waals surface area contributed by atoms with Gasteiger partial charge in [-0.15, -0.1) is 23.7 Å². The van der Waals surface area contributed by atoms with Crippen LogP contribution in [0, 0.1) is 0 Å². The molecule has 0 atom stereocenters. The number of thiophene rings is 1. The number of nitrogens with one attached hydrogen (secondary N) is 1. The number of halogens is 1. The molecule has 0 aliphatic rings. The van der Waals surface area contributed by atoms with E-state index in [2.05, 4.69) is 11.4 Å². The third-order valence-corrected chi connectivity index (χ3v) is 2.82. The summed E-state index contributed by atoms with van der Waals surface area (Å²) in [6.07, 6.45) is 2.23. The second-order valence-electron chi connectivity index (χ2n) is 3.07. The Morgan fingerprint density at radius 1 is 1.53 bits per heavy atom. The first-order chi connectivity index (χ1) is 6.83. The van der Waals surface area contributed by atoms with E-state index >= 15 is 0 Å². The average Bonchev–Trinajstić information content (AvgIpc) is 2.67. The van der Waals surface area contributed by atoms with Crippen LogP contribution in [0.1, 0.15) is 17.7 Å². The van der Waals surface area contributed by atoms with E-state index in [1.165, 1.54) is 4.88 Å². The first-order valence-corrected chi connectivity index (χ1v) is 5.70. The maximum absolute atomic E-state index is 11.2. The molecule has 1 amide bonds. The molecular weight excluding hydrogens is 232 g/mol. The number of amides is 1. The number of rotatable bonds is 6. The highest BCUT2D eigenvalue weighted by atomic mass is 35.5. The molecule has 1 rings (SSSR count). The minimum Gasteiger partial charge on any atom is -0.356 e. The van der Waals surface area contributed by atoms with Crippen LogP contribution in [0.5, 0.6) is 0 Å². The van der Waals surface area contributed by atoms with Crippen LogP contribution >= 0.6 is 23.7 Å². The molecule has 3 N–H and O–H groups in total. The van der Waals surface area contributed by atoms with Gasteiger partial charge in [-0.1, -0.05) is 6.07 Å². The first kappa shape index (κ1) is 14.4. The lowest BCUT2D eigenvalue weighted by Gasteiger charge is -2.02. The highest BCUT2D eigenvalue weighted by molar-refractivity contribution is 7.09. The lowest BCUT2D eigenvalue weighted by molar-refractivity contribution is -0.121. The van der Waals surface area contributed by atoms with Gasteiger partial charge in [-0.25, -0.2) is 0 Å². The molecule has 0 aliphatic heterocycles. The molecular formula is C10H17ClN2OS. The van der Waals surface area contributed by atoms with Crippen molar-refractivity contribution in [3.05, 3.63) is 22.4 Å². The molecule has 0 saturated heterocycles. The third-order valence-electron chi connectivity index (χ3n) is 1.88. The first-order valence-electron chi connectivity index (χ1n) is 4.82. The molecule has 0 radical (unpaired) electrons. The molecule has 3 nitrogen and oxygen atoms in total. The number of nitrogens with two attached hydrogens (primary N) is 1. The van der Waals surface area contributed by atoms with Gasteiger partial charge in [0, 0.05) is 17.8 Å². The fourth-order valence-corrected chi connectivity index (χ4v) is 1.84. The van der Waals surface area contributed by atoms with Crippen LogP contribution in [0.4, 0.5) is 0 Å². The van der Waals surface area contributed by atoms with Gasteiger partial charge in [0.15, 0.2) is 0 Å². The van der Waals surface area contributed by atoms with Crippen molar-refractivity contribution in [2.45, 2.75) is 19.3 Å². The van der Waals surface area contributed by atoms with Crippen LogP contribution in [0.2, 0.25) is 0 Å². The molecule has 86 valence electrons. The van der Waals surface area contributed by atoms with Crippen molar-refractivity contribution in [1.82, 2.24) is 5.32 Å². The van der Waals surface area contributed by atoms with Gasteiger partial charge < -0.3 is 11.1 Å². The van der Waals surface area contributed by atoms with E-state index in [-0.39, 0.29) is 18.3 Å². The Labute approximate surface area is 100 Å². The maximum atomic E-state index is 11.2. The maximum Gasteiger partial charge on any atom is 0.220 e. The Kier molecular flexibility index (Phi) is 8.37. The lowest BCUT2D eigenvalue weighted by Crippen LogP contribution is -2.25. The molecule has 1 aromatic heterocycles. The minimum absolute atomic E-state index is 0. The molecule has 15 heavy (non-hydrogen) atoms. The Hall–Kier alpha value is -0.580. The van der Waals surface area contributed by atoms with E-state index in [0.29, 0.717) is 13.0 Å². The molecule has 0 aliphatic carbocycles. The minimum atomic E-state index is 0. The summed E-state index contributed by atoms with van der Waals surface area (Å²) in [7, 11) is 0. The van der Waals surface area contributed by atoms with Gasteiger partial charge in [0.25, 0.3) is 0 Å². The van der Waals surface area contributed by atoms with Crippen molar-refractivity contribution in [3.8, 4) is 0 Å². The molecule has 1 aromatic rings. The van der Waals surface area contributed by atoms with Gasteiger partial charge in [0.2, 0.25) is 5.91 Å². The summed E-state index contributed by atoms with van der Waals surface area (Å²) in [6, 6.07) is 4.10. The average molecular weight is 249 g/mol. The monoisotopic (exact) mass is 248 g/mol. The molecule has 1 heterocycles. The molecule has 0 bridgehead atoms. The molecule has 0 unspecified atom stereocenters. The predicted octanol–water partition coefficient (Wildman–Crippen LogP) is 1.57. The molecule has 5 heteroatoms. The van der Waals surface area contributed by atoms with Gasteiger partial charge in [-0.3, -0.25) is 4.79 Å². The number of carbonyl (C=O) groups is 1. The zero-order valence-corrected chi connectivity index (χ0v) is 10.2. The quantitative estimate of drug-likeness (QED) is 0.803. The summed E-state index contributed by atoms with van der Waals surface area (Å²) in [5.41, 5.74) is 5.30. The van der Waals surface area contributed by atoms with E-state index in [0.717, 1.165) is 19.4 Å². The van der Waals surface area contributed by atoms with Crippen LogP contribution < -0.4 is 11.1 Å². The number of hydrogen-bond acceptors (Lipinski definition) is 3.